The van der Waals surface area contributed by atoms with Gasteiger partial charge in [-0.3, -0.25) is 4.79 Å². The molecule has 0 radical (unpaired) electrons. The average Bonchev–Trinajstić information content (AvgIpc) is 3.49. The van der Waals surface area contributed by atoms with Crippen molar-refractivity contribution in [3.05, 3.63) is 76.3 Å². The van der Waals surface area contributed by atoms with E-state index in [9.17, 15) is 9.90 Å². The predicted molar refractivity (Wildman–Crippen MR) is 131 cm³/mol. The number of benzene rings is 2. The Bertz CT molecular complexity index is 1010. The summed E-state index contributed by atoms with van der Waals surface area (Å²) in [5, 5.41) is 20.1. The number of aliphatic hydroxyl groups excluding tert-OH is 1. The van der Waals surface area contributed by atoms with Crippen LogP contribution in [0.15, 0.2) is 60.1 Å². The van der Waals surface area contributed by atoms with Gasteiger partial charge in [-0.1, -0.05) is 35.9 Å². The van der Waals surface area contributed by atoms with Gasteiger partial charge >= 0.3 is 0 Å². The van der Waals surface area contributed by atoms with Crippen LogP contribution in [0.25, 0.3) is 0 Å². The molecule has 1 aliphatic rings. The van der Waals surface area contributed by atoms with E-state index in [1.165, 1.54) is 0 Å². The Balaban J connectivity index is 1.22. The molecular formula is C24H27ClN4O2S. The van der Waals surface area contributed by atoms with Gasteiger partial charge in [0, 0.05) is 35.4 Å². The van der Waals surface area contributed by atoms with Gasteiger partial charge in [-0.05, 0) is 61.2 Å². The first-order valence-electron chi connectivity index (χ1n) is 10.8. The molecule has 32 heavy (non-hydrogen) atoms. The number of aliphatic hydroxyl groups is 1. The molecule has 6 nitrogen and oxygen atoms in total. The van der Waals surface area contributed by atoms with Gasteiger partial charge in [0.1, 0.15) is 6.04 Å². The molecule has 8 heteroatoms. The third kappa shape index (κ3) is 5.86. The van der Waals surface area contributed by atoms with Crippen LogP contribution in [-0.4, -0.2) is 41.7 Å². The maximum atomic E-state index is 12.8. The minimum Gasteiger partial charge on any atom is -0.387 e. The van der Waals surface area contributed by atoms with Crippen molar-refractivity contribution in [3.8, 4) is 0 Å². The summed E-state index contributed by atoms with van der Waals surface area (Å²) in [7, 11) is 0. The topological polar surface area (TPSA) is 77.5 Å². The molecule has 1 aromatic heterocycles. The molecule has 0 bridgehead atoms. The molecule has 0 aliphatic carbocycles. The van der Waals surface area contributed by atoms with Crippen LogP contribution >= 0.6 is 22.9 Å². The van der Waals surface area contributed by atoms with E-state index < -0.39 is 6.10 Å². The zero-order valence-electron chi connectivity index (χ0n) is 17.7. The summed E-state index contributed by atoms with van der Waals surface area (Å²) in [5.74, 6) is 0.0159. The van der Waals surface area contributed by atoms with Gasteiger partial charge in [0.2, 0.25) is 5.91 Å². The summed E-state index contributed by atoms with van der Waals surface area (Å²) < 4.78 is 0. The number of thiazole rings is 1. The van der Waals surface area contributed by atoms with Gasteiger partial charge in [0.05, 0.1) is 6.10 Å². The lowest BCUT2D eigenvalue weighted by Gasteiger charge is -2.23. The molecule has 1 fully saturated rings. The first-order chi connectivity index (χ1) is 15.6. The number of carbonyl (C=O) groups excluding carboxylic acids is 1. The Morgan fingerprint density at radius 3 is 2.88 bits per heavy atom. The lowest BCUT2D eigenvalue weighted by Crippen LogP contribution is -2.39. The maximum absolute atomic E-state index is 12.8. The summed E-state index contributed by atoms with van der Waals surface area (Å²) in [6.07, 6.45) is 3.85. The maximum Gasteiger partial charge on any atom is 0.247 e. The number of aromatic nitrogens is 1. The summed E-state index contributed by atoms with van der Waals surface area (Å²) in [4.78, 5) is 19.2. The van der Waals surface area contributed by atoms with Crippen LogP contribution in [0.5, 0.6) is 0 Å². The highest BCUT2D eigenvalue weighted by Crippen LogP contribution is 2.28. The third-order valence-electron chi connectivity index (χ3n) is 5.60. The van der Waals surface area contributed by atoms with E-state index in [2.05, 4.69) is 20.5 Å². The van der Waals surface area contributed by atoms with Crippen LogP contribution in [0.3, 0.4) is 0 Å². The number of amides is 1. The van der Waals surface area contributed by atoms with Crippen LogP contribution in [0.2, 0.25) is 5.02 Å². The fourth-order valence-electron chi connectivity index (χ4n) is 3.91. The quantitative estimate of drug-likeness (QED) is 0.407. The highest BCUT2D eigenvalue weighted by molar-refractivity contribution is 7.13. The van der Waals surface area contributed by atoms with Crippen LogP contribution in [-0.2, 0) is 11.2 Å². The molecule has 3 N–H and O–H groups in total. The van der Waals surface area contributed by atoms with E-state index >= 15 is 0 Å². The summed E-state index contributed by atoms with van der Waals surface area (Å²) >= 11 is 7.55. The standard InChI is InChI=1S/C24H27ClN4O2S/c25-19-4-1-3-18(15-19)22(30)16-26-11-10-17-6-8-20(9-7-17)28-23(31)21-5-2-13-29(21)24-27-12-14-32-24/h1,3-4,6-9,12,14-15,21-22,26,30H,2,5,10-11,13,16H2,(H,28,31). The lowest BCUT2D eigenvalue weighted by molar-refractivity contribution is -0.117. The highest BCUT2D eigenvalue weighted by atomic mass is 35.5. The number of rotatable bonds is 9. The van der Waals surface area contributed by atoms with Crippen molar-refractivity contribution in [2.75, 3.05) is 29.9 Å². The molecule has 1 saturated heterocycles. The van der Waals surface area contributed by atoms with Crippen molar-refractivity contribution in [1.82, 2.24) is 10.3 Å². The normalized spacial score (nSPS) is 16.8. The van der Waals surface area contributed by atoms with Gasteiger partial charge in [-0.15, -0.1) is 11.3 Å². The summed E-state index contributed by atoms with van der Waals surface area (Å²) in [5.41, 5.74) is 2.77. The number of hydrogen-bond acceptors (Lipinski definition) is 6. The molecule has 4 rings (SSSR count). The smallest absolute Gasteiger partial charge is 0.247 e. The Kier molecular flexibility index (Phi) is 7.76. The van der Waals surface area contributed by atoms with Gasteiger partial charge in [-0.25, -0.2) is 4.98 Å². The molecule has 168 valence electrons. The number of halogens is 1. The van der Waals surface area contributed by atoms with Crippen molar-refractivity contribution in [2.24, 2.45) is 0 Å². The molecular weight excluding hydrogens is 444 g/mol. The number of carbonyl (C=O) groups is 1. The zero-order valence-corrected chi connectivity index (χ0v) is 19.3. The number of nitrogens with one attached hydrogen (secondary N) is 2. The molecule has 1 aliphatic heterocycles. The SMILES string of the molecule is O=C(Nc1ccc(CCNCC(O)c2cccc(Cl)c2)cc1)C1CCCN1c1nccs1. The third-order valence-corrected chi connectivity index (χ3v) is 6.65. The van der Waals surface area contributed by atoms with Crippen molar-refractivity contribution in [1.29, 1.82) is 0 Å². The van der Waals surface area contributed by atoms with Gasteiger partial charge < -0.3 is 20.6 Å². The van der Waals surface area contributed by atoms with Gasteiger partial charge in [0.15, 0.2) is 5.13 Å². The minimum absolute atomic E-state index is 0.0159. The molecule has 3 aromatic rings. The second-order valence-corrected chi connectivity index (χ2v) is 9.19. The van der Waals surface area contributed by atoms with Gasteiger partial charge in [0.25, 0.3) is 0 Å². The van der Waals surface area contributed by atoms with Crippen molar-refractivity contribution in [3.63, 3.8) is 0 Å². The summed E-state index contributed by atoms with van der Waals surface area (Å²) in [6.45, 7) is 2.07. The molecule has 1 amide bonds. The van der Waals surface area contributed by atoms with Crippen molar-refractivity contribution < 1.29 is 9.90 Å². The number of anilines is 2. The minimum atomic E-state index is -0.592. The fraction of sp³-hybridized carbons (Fsp3) is 0.333. The molecule has 2 heterocycles. The van der Waals surface area contributed by atoms with E-state index in [0.717, 1.165) is 54.3 Å². The Hall–Kier alpha value is -2.45. The van der Waals surface area contributed by atoms with Crippen molar-refractivity contribution in [2.45, 2.75) is 31.4 Å². The van der Waals surface area contributed by atoms with Crippen LogP contribution in [0.1, 0.15) is 30.1 Å². The average molecular weight is 471 g/mol. The van der Waals surface area contributed by atoms with E-state index in [4.69, 9.17) is 11.6 Å². The monoisotopic (exact) mass is 470 g/mol. The predicted octanol–water partition coefficient (Wildman–Crippen LogP) is 4.27. The largest absolute Gasteiger partial charge is 0.387 e. The molecule has 2 aromatic carbocycles. The van der Waals surface area contributed by atoms with Gasteiger partial charge in [-0.2, -0.15) is 0 Å². The lowest BCUT2D eigenvalue weighted by atomic mass is 10.1. The van der Waals surface area contributed by atoms with E-state index in [-0.39, 0.29) is 11.9 Å². The van der Waals surface area contributed by atoms with E-state index in [1.807, 2.05) is 41.8 Å². The number of hydrogen-bond donors (Lipinski definition) is 3. The summed E-state index contributed by atoms with van der Waals surface area (Å²) in [6, 6.07) is 15.0. The first-order valence-corrected chi connectivity index (χ1v) is 12.1. The van der Waals surface area contributed by atoms with Crippen LogP contribution < -0.4 is 15.5 Å². The zero-order chi connectivity index (χ0) is 22.3. The Morgan fingerprint density at radius 1 is 1.28 bits per heavy atom. The molecule has 0 spiro atoms. The number of nitrogens with zero attached hydrogens (tertiary/aromatic N) is 2. The van der Waals surface area contributed by atoms with E-state index in [1.54, 1.807) is 29.7 Å². The van der Waals surface area contributed by atoms with E-state index in [0.29, 0.717) is 11.6 Å². The second kappa shape index (κ2) is 10.9. The molecule has 2 unspecified atom stereocenters. The van der Waals surface area contributed by atoms with Crippen LogP contribution in [0.4, 0.5) is 10.8 Å². The molecule has 0 saturated carbocycles. The highest BCUT2D eigenvalue weighted by Gasteiger charge is 2.32. The fourth-order valence-corrected chi connectivity index (χ4v) is 4.83. The van der Waals surface area contributed by atoms with Crippen LogP contribution in [0, 0.1) is 0 Å². The second-order valence-electron chi connectivity index (χ2n) is 7.88. The van der Waals surface area contributed by atoms with Crippen molar-refractivity contribution >= 4 is 39.7 Å². The first kappa shape index (κ1) is 22.7. The Labute approximate surface area is 197 Å². The Morgan fingerprint density at radius 2 is 2.12 bits per heavy atom. The molecule has 2 atom stereocenters.